The van der Waals surface area contributed by atoms with E-state index in [0.717, 1.165) is 64.2 Å². The second kappa shape index (κ2) is 16.4. The molecule has 5 N–H and O–H groups in total. The van der Waals surface area contributed by atoms with E-state index in [1.807, 2.05) is 0 Å². The highest BCUT2D eigenvalue weighted by atomic mass is 32.3. The molecule has 0 spiro atoms. The summed E-state index contributed by atoms with van der Waals surface area (Å²) < 4.78 is 43.2. The van der Waals surface area contributed by atoms with Gasteiger partial charge in [0.2, 0.25) is 5.79 Å². The molecule has 1 saturated heterocycles. The average Bonchev–Trinajstić information content (AvgIpc) is 2.78. The first-order chi connectivity index (χ1) is 16.1. The van der Waals surface area contributed by atoms with Crippen molar-refractivity contribution in [3.05, 3.63) is 0 Å². The zero-order valence-electron chi connectivity index (χ0n) is 21.0. The Morgan fingerprint density at radius 2 is 1.29 bits per heavy atom. The Morgan fingerprint density at radius 1 is 0.824 bits per heavy atom. The van der Waals surface area contributed by atoms with Gasteiger partial charge in [-0.2, -0.15) is 8.42 Å². The monoisotopic (exact) mass is 512 g/mol. The summed E-state index contributed by atoms with van der Waals surface area (Å²) in [4.78, 5) is 0. The number of aliphatic hydroxyl groups excluding tert-OH is 4. The molecule has 10 heteroatoms. The second-order valence-electron chi connectivity index (χ2n) is 9.77. The van der Waals surface area contributed by atoms with Crippen molar-refractivity contribution in [2.24, 2.45) is 5.92 Å². The fraction of sp³-hybridized carbons (Fsp3) is 1.00. The van der Waals surface area contributed by atoms with Crippen LogP contribution in [-0.2, 0) is 19.3 Å². The van der Waals surface area contributed by atoms with Crippen LogP contribution in [0.4, 0.5) is 0 Å². The van der Waals surface area contributed by atoms with Gasteiger partial charge in [-0.15, -0.1) is 0 Å². The molecular formula is C24H48O9S. The smallest absolute Gasteiger partial charge is 0.394 e. The molecule has 1 aliphatic heterocycles. The van der Waals surface area contributed by atoms with Crippen molar-refractivity contribution in [1.82, 2.24) is 0 Å². The molecule has 1 heterocycles. The van der Waals surface area contributed by atoms with Gasteiger partial charge >= 0.3 is 10.4 Å². The normalized spacial score (nSPS) is 28.8. The number of hydrogen-bond acceptors (Lipinski definition) is 8. The van der Waals surface area contributed by atoms with Crippen LogP contribution in [0.25, 0.3) is 0 Å². The Hall–Kier alpha value is -0.330. The number of aliphatic hydroxyl groups is 4. The molecule has 0 aliphatic carbocycles. The summed E-state index contributed by atoms with van der Waals surface area (Å²) in [6.07, 6.45) is 7.82. The van der Waals surface area contributed by atoms with Crippen LogP contribution < -0.4 is 0 Å². The van der Waals surface area contributed by atoms with Crippen molar-refractivity contribution >= 4 is 10.4 Å². The van der Waals surface area contributed by atoms with Crippen molar-refractivity contribution in [1.29, 1.82) is 0 Å². The van der Waals surface area contributed by atoms with Gasteiger partial charge in [-0.05, 0) is 5.92 Å². The molecule has 0 amide bonds. The minimum atomic E-state index is -5.06. The zero-order chi connectivity index (χ0) is 25.6. The van der Waals surface area contributed by atoms with Crippen LogP contribution in [0.1, 0.15) is 110 Å². The average molecular weight is 513 g/mol. The molecular weight excluding hydrogens is 464 g/mol. The van der Waals surface area contributed by atoms with E-state index in [2.05, 4.69) is 13.8 Å². The second-order valence-corrected chi connectivity index (χ2v) is 10.8. The van der Waals surface area contributed by atoms with Crippen LogP contribution in [0, 0.1) is 5.92 Å². The molecule has 0 aromatic carbocycles. The first-order valence-corrected chi connectivity index (χ1v) is 14.5. The molecule has 2 unspecified atom stereocenters. The lowest BCUT2D eigenvalue weighted by Gasteiger charge is -2.48. The molecule has 204 valence electrons. The lowest BCUT2D eigenvalue weighted by molar-refractivity contribution is -0.343. The molecule has 0 bridgehead atoms. The SMILES string of the molecule is CCCCCCCCCC(CCCCCCC)CC1(OS(=O)(=O)O)O[C@H](CO)[C@@H](O)[C@H](O)[C@H]1O. The largest absolute Gasteiger partial charge is 0.400 e. The Morgan fingerprint density at radius 3 is 1.74 bits per heavy atom. The van der Waals surface area contributed by atoms with E-state index in [-0.39, 0.29) is 12.3 Å². The highest BCUT2D eigenvalue weighted by molar-refractivity contribution is 7.80. The first-order valence-electron chi connectivity index (χ1n) is 13.1. The predicted molar refractivity (Wildman–Crippen MR) is 129 cm³/mol. The van der Waals surface area contributed by atoms with Gasteiger partial charge in [0, 0.05) is 6.42 Å². The van der Waals surface area contributed by atoms with Crippen molar-refractivity contribution < 1.29 is 42.3 Å². The third-order valence-electron chi connectivity index (χ3n) is 6.79. The summed E-state index contributed by atoms with van der Waals surface area (Å²) in [6.45, 7) is 3.59. The number of hydrogen-bond donors (Lipinski definition) is 5. The van der Waals surface area contributed by atoms with E-state index in [4.69, 9.17) is 8.92 Å². The van der Waals surface area contributed by atoms with Crippen LogP contribution in [0.5, 0.6) is 0 Å². The molecule has 9 nitrogen and oxygen atoms in total. The lowest BCUT2D eigenvalue weighted by atomic mass is 9.82. The van der Waals surface area contributed by atoms with Crippen LogP contribution in [0.15, 0.2) is 0 Å². The quantitative estimate of drug-likeness (QED) is 0.129. The van der Waals surface area contributed by atoms with Crippen LogP contribution >= 0.6 is 0 Å². The van der Waals surface area contributed by atoms with Gasteiger partial charge in [-0.1, -0.05) is 104 Å². The Bertz CT molecular complexity index is 628. The molecule has 1 fully saturated rings. The summed E-state index contributed by atoms with van der Waals surface area (Å²) in [5, 5.41) is 40.7. The minimum absolute atomic E-state index is 0.0994. The van der Waals surface area contributed by atoms with E-state index < -0.39 is 47.2 Å². The molecule has 1 aliphatic rings. The fourth-order valence-electron chi connectivity index (χ4n) is 4.84. The molecule has 0 radical (unpaired) electrons. The Balaban J connectivity index is 2.95. The lowest BCUT2D eigenvalue weighted by Crippen LogP contribution is -2.66. The third-order valence-corrected chi connectivity index (χ3v) is 7.28. The number of ether oxygens (including phenoxy) is 1. The van der Waals surface area contributed by atoms with Gasteiger partial charge < -0.3 is 25.2 Å². The Labute approximate surface area is 205 Å². The molecule has 0 aromatic rings. The number of unbranched alkanes of at least 4 members (excludes halogenated alkanes) is 10. The standard InChI is InChI=1S/C24H48O9S/c1-3-5-7-9-10-12-14-16-19(15-13-11-8-6-4-2)17-24(33-34(29,30)31)23(28)22(27)21(26)20(18-25)32-24/h19-23,25-28H,3-18H2,1-2H3,(H,29,30,31)/t19?,20-,21-,22+,23-,24?/m1/s1. The van der Waals surface area contributed by atoms with Crippen molar-refractivity contribution in [3.63, 3.8) is 0 Å². The maximum atomic E-state index is 11.7. The van der Waals surface area contributed by atoms with Crippen LogP contribution in [-0.4, -0.2) is 70.2 Å². The molecule has 6 atom stereocenters. The highest BCUT2D eigenvalue weighted by Crippen LogP contribution is 2.39. The molecule has 1 rings (SSSR count). The van der Waals surface area contributed by atoms with Crippen LogP contribution in [0.2, 0.25) is 0 Å². The Kier molecular flexibility index (Phi) is 15.3. The van der Waals surface area contributed by atoms with E-state index in [9.17, 15) is 33.4 Å². The van der Waals surface area contributed by atoms with Crippen molar-refractivity contribution in [2.75, 3.05) is 6.61 Å². The van der Waals surface area contributed by atoms with Gasteiger partial charge in [0.05, 0.1) is 6.61 Å². The van der Waals surface area contributed by atoms with E-state index >= 15 is 0 Å². The fourth-order valence-corrected chi connectivity index (χ4v) is 5.40. The van der Waals surface area contributed by atoms with Gasteiger partial charge in [0.15, 0.2) is 0 Å². The summed E-state index contributed by atoms with van der Waals surface area (Å²) >= 11 is 0. The highest BCUT2D eigenvalue weighted by Gasteiger charge is 2.57. The van der Waals surface area contributed by atoms with Crippen molar-refractivity contribution in [3.8, 4) is 0 Å². The molecule has 0 aromatic heterocycles. The van der Waals surface area contributed by atoms with Gasteiger partial charge in [-0.25, -0.2) is 4.18 Å². The maximum Gasteiger partial charge on any atom is 0.400 e. The molecule has 34 heavy (non-hydrogen) atoms. The topological polar surface area (TPSA) is 154 Å². The van der Waals surface area contributed by atoms with E-state index in [1.54, 1.807) is 0 Å². The maximum absolute atomic E-state index is 11.7. The van der Waals surface area contributed by atoms with Crippen LogP contribution in [0.3, 0.4) is 0 Å². The van der Waals surface area contributed by atoms with Gasteiger partial charge in [-0.3, -0.25) is 4.55 Å². The number of rotatable bonds is 19. The molecule has 0 saturated carbocycles. The van der Waals surface area contributed by atoms with E-state index in [0.29, 0.717) is 0 Å². The summed E-state index contributed by atoms with van der Waals surface area (Å²) in [5.74, 6) is -2.40. The minimum Gasteiger partial charge on any atom is -0.394 e. The summed E-state index contributed by atoms with van der Waals surface area (Å²) in [5.41, 5.74) is 0. The first kappa shape index (κ1) is 31.7. The van der Waals surface area contributed by atoms with Crippen molar-refractivity contribution in [2.45, 2.75) is 140 Å². The summed E-state index contributed by atoms with van der Waals surface area (Å²) in [7, 11) is -5.06. The zero-order valence-corrected chi connectivity index (χ0v) is 21.8. The predicted octanol–water partition coefficient (Wildman–Crippen LogP) is 3.48. The van der Waals surface area contributed by atoms with Gasteiger partial charge in [0.25, 0.3) is 0 Å². The van der Waals surface area contributed by atoms with Gasteiger partial charge in [0.1, 0.15) is 24.4 Å². The van der Waals surface area contributed by atoms with E-state index in [1.165, 1.54) is 25.7 Å². The summed E-state index contributed by atoms with van der Waals surface area (Å²) in [6, 6.07) is 0. The third kappa shape index (κ3) is 11.2.